The molecule has 4 heteroatoms. The second-order valence-corrected chi connectivity index (χ2v) is 3.95. The van der Waals surface area contributed by atoms with Gasteiger partial charge in [0.1, 0.15) is 5.92 Å². The van der Waals surface area contributed by atoms with E-state index in [0.717, 1.165) is 0 Å². The van der Waals surface area contributed by atoms with Crippen LogP contribution in [0.15, 0.2) is 36.9 Å². The van der Waals surface area contributed by atoms with Crippen molar-refractivity contribution in [2.75, 3.05) is 11.4 Å². The van der Waals surface area contributed by atoms with E-state index >= 15 is 0 Å². The number of amides is 1. The molecular weight excluding hydrogens is 218 g/mol. The number of rotatable bonds is 3. The molecular formula is C13H13NO3. The van der Waals surface area contributed by atoms with Crippen LogP contribution in [0, 0.1) is 0 Å². The maximum absolute atomic E-state index is 11.8. The van der Waals surface area contributed by atoms with Gasteiger partial charge in [0.25, 0.3) is 0 Å². The summed E-state index contributed by atoms with van der Waals surface area (Å²) in [5.41, 5.74) is 1.41. The summed E-state index contributed by atoms with van der Waals surface area (Å²) < 4.78 is 0. The number of carbonyl (C=O) groups is 2. The van der Waals surface area contributed by atoms with Crippen molar-refractivity contribution in [1.29, 1.82) is 0 Å². The SMILES string of the molecule is C=CCC(=O)N1CC(C(=O)O)c2ccccc21. The lowest BCUT2D eigenvalue weighted by Gasteiger charge is -2.16. The molecule has 0 radical (unpaired) electrons. The smallest absolute Gasteiger partial charge is 0.312 e. The first-order chi connectivity index (χ1) is 8.15. The molecule has 0 saturated carbocycles. The molecule has 0 spiro atoms. The fourth-order valence-electron chi connectivity index (χ4n) is 2.09. The van der Waals surface area contributed by atoms with E-state index in [1.165, 1.54) is 11.0 Å². The quantitative estimate of drug-likeness (QED) is 0.807. The number of nitrogens with zero attached hydrogens (tertiary/aromatic N) is 1. The zero-order chi connectivity index (χ0) is 12.4. The summed E-state index contributed by atoms with van der Waals surface area (Å²) in [7, 11) is 0. The minimum atomic E-state index is -0.897. The Hall–Kier alpha value is -2.10. The molecule has 0 aliphatic carbocycles. The second kappa shape index (κ2) is 4.41. The maximum Gasteiger partial charge on any atom is 0.312 e. The average Bonchev–Trinajstić information content (AvgIpc) is 2.69. The number of benzene rings is 1. The number of hydrogen-bond acceptors (Lipinski definition) is 2. The van der Waals surface area contributed by atoms with Crippen LogP contribution in [0.2, 0.25) is 0 Å². The summed E-state index contributed by atoms with van der Waals surface area (Å²) in [5.74, 6) is -1.64. The van der Waals surface area contributed by atoms with Crippen molar-refractivity contribution in [3.8, 4) is 0 Å². The molecule has 0 saturated heterocycles. The summed E-state index contributed by atoms with van der Waals surface area (Å²) in [4.78, 5) is 24.5. The maximum atomic E-state index is 11.8. The highest BCUT2D eigenvalue weighted by Crippen LogP contribution is 2.36. The van der Waals surface area contributed by atoms with Crippen LogP contribution in [0.5, 0.6) is 0 Å². The molecule has 1 unspecified atom stereocenters. The fraction of sp³-hybridized carbons (Fsp3) is 0.231. The molecule has 1 aliphatic rings. The van der Waals surface area contributed by atoms with Gasteiger partial charge in [-0.25, -0.2) is 0 Å². The van der Waals surface area contributed by atoms with E-state index in [4.69, 9.17) is 5.11 Å². The summed E-state index contributed by atoms with van der Waals surface area (Å²) in [6.07, 6.45) is 1.75. The molecule has 4 nitrogen and oxygen atoms in total. The third-order valence-electron chi connectivity index (χ3n) is 2.89. The number of carbonyl (C=O) groups excluding carboxylic acids is 1. The van der Waals surface area contributed by atoms with Crippen LogP contribution in [-0.2, 0) is 9.59 Å². The Labute approximate surface area is 99.2 Å². The number of hydrogen-bond donors (Lipinski definition) is 1. The summed E-state index contributed by atoms with van der Waals surface area (Å²) >= 11 is 0. The molecule has 1 aromatic rings. The largest absolute Gasteiger partial charge is 0.481 e. The first kappa shape index (κ1) is 11.4. The van der Waals surface area contributed by atoms with Crippen molar-refractivity contribution in [2.24, 2.45) is 0 Å². The highest BCUT2D eigenvalue weighted by atomic mass is 16.4. The number of fused-ring (bicyclic) bond motifs is 1. The second-order valence-electron chi connectivity index (χ2n) is 3.95. The van der Waals surface area contributed by atoms with Gasteiger partial charge in [0, 0.05) is 18.7 Å². The summed E-state index contributed by atoms with van der Waals surface area (Å²) in [5, 5.41) is 9.13. The van der Waals surface area contributed by atoms with Gasteiger partial charge in [0.15, 0.2) is 0 Å². The zero-order valence-corrected chi connectivity index (χ0v) is 9.30. The Balaban J connectivity index is 2.38. The van der Waals surface area contributed by atoms with E-state index in [1.807, 2.05) is 0 Å². The number of carboxylic acid groups (broad SMARTS) is 1. The van der Waals surface area contributed by atoms with Gasteiger partial charge < -0.3 is 10.0 Å². The Morgan fingerprint density at radius 2 is 2.18 bits per heavy atom. The average molecular weight is 231 g/mol. The molecule has 2 rings (SSSR count). The Morgan fingerprint density at radius 1 is 1.47 bits per heavy atom. The number of para-hydroxylation sites is 1. The fourth-order valence-corrected chi connectivity index (χ4v) is 2.09. The predicted octanol–water partition coefficient (Wildman–Crippen LogP) is 1.78. The van der Waals surface area contributed by atoms with Crippen LogP contribution in [-0.4, -0.2) is 23.5 Å². The van der Waals surface area contributed by atoms with Gasteiger partial charge in [-0.3, -0.25) is 9.59 Å². The van der Waals surface area contributed by atoms with Gasteiger partial charge in [-0.1, -0.05) is 24.3 Å². The van der Waals surface area contributed by atoms with Gasteiger partial charge in [0.05, 0.1) is 0 Å². The van der Waals surface area contributed by atoms with E-state index in [1.54, 1.807) is 24.3 Å². The standard InChI is InChI=1S/C13H13NO3/c1-2-5-12(15)14-8-10(13(16)17)9-6-3-4-7-11(9)14/h2-4,6-7,10H,1,5,8H2,(H,16,17). The lowest BCUT2D eigenvalue weighted by molar-refractivity contribution is -0.138. The molecule has 0 aromatic heterocycles. The van der Waals surface area contributed by atoms with Crippen LogP contribution in [0.4, 0.5) is 5.69 Å². The minimum absolute atomic E-state index is 0.115. The number of anilines is 1. The molecule has 1 heterocycles. The van der Waals surface area contributed by atoms with E-state index < -0.39 is 11.9 Å². The van der Waals surface area contributed by atoms with E-state index in [-0.39, 0.29) is 18.9 Å². The highest BCUT2D eigenvalue weighted by molar-refractivity contribution is 5.99. The highest BCUT2D eigenvalue weighted by Gasteiger charge is 2.35. The monoisotopic (exact) mass is 231 g/mol. The van der Waals surface area contributed by atoms with Crippen LogP contribution in [0.25, 0.3) is 0 Å². The first-order valence-electron chi connectivity index (χ1n) is 5.38. The van der Waals surface area contributed by atoms with E-state index in [2.05, 4.69) is 6.58 Å². The lowest BCUT2D eigenvalue weighted by Crippen LogP contribution is -2.30. The lowest BCUT2D eigenvalue weighted by atomic mass is 10.0. The normalized spacial score (nSPS) is 17.6. The predicted molar refractivity (Wildman–Crippen MR) is 64.0 cm³/mol. The molecule has 17 heavy (non-hydrogen) atoms. The van der Waals surface area contributed by atoms with Crippen molar-refractivity contribution in [2.45, 2.75) is 12.3 Å². The van der Waals surface area contributed by atoms with Crippen molar-refractivity contribution in [3.05, 3.63) is 42.5 Å². The molecule has 1 aromatic carbocycles. The van der Waals surface area contributed by atoms with Gasteiger partial charge in [-0.05, 0) is 11.6 Å². The van der Waals surface area contributed by atoms with E-state index in [0.29, 0.717) is 11.3 Å². The topological polar surface area (TPSA) is 57.6 Å². The van der Waals surface area contributed by atoms with Gasteiger partial charge in [0.2, 0.25) is 5.91 Å². The number of carboxylic acids is 1. The Bertz CT molecular complexity index is 481. The van der Waals surface area contributed by atoms with Crippen molar-refractivity contribution >= 4 is 17.6 Å². The minimum Gasteiger partial charge on any atom is -0.481 e. The molecule has 1 N–H and O–H groups in total. The molecule has 0 fully saturated rings. The zero-order valence-electron chi connectivity index (χ0n) is 9.30. The summed E-state index contributed by atoms with van der Waals surface area (Å²) in [6.45, 7) is 3.73. The van der Waals surface area contributed by atoms with Crippen LogP contribution in [0.1, 0.15) is 17.9 Å². The molecule has 88 valence electrons. The van der Waals surface area contributed by atoms with Crippen molar-refractivity contribution < 1.29 is 14.7 Å². The van der Waals surface area contributed by atoms with Gasteiger partial charge >= 0.3 is 5.97 Å². The molecule has 1 atom stereocenters. The molecule has 0 bridgehead atoms. The third kappa shape index (κ3) is 1.93. The summed E-state index contributed by atoms with van der Waals surface area (Å²) in [6, 6.07) is 7.13. The Morgan fingerprint density at radius 3 is 2.82 bits per heavy atom. The van der Waals surface area contributed by atoms with Crippen LogP contribution < -0.4 is 4.90 Å². The molecule has 1 amide bonds. The van der Waals surface area contributed by atoms with Gasteiger partial charge in [-0.15, -0.1) is 6.58 Å². The molecule has 1 aliphatic heterocycles. The van der Waals surface area contributed by atoms with Crippen LogP contribution in [0.3, 0.4) is 0 Å². The number of aliphatic carboxylic acids is 1. The first-order valence-corrected chi connectivity index (χ1v) is 5.38. The van der Waals surface area contributed by atoms with Gasteiger partial charge in [-0.2, -0.15) is 0 Å². The Kier molecular flexibility index (Phi) is 2.95. The third-order valence-corrected chi connectivity index (χ3v) is 2.89. The van der Waals surface area contributed by atoms with Crippen molar-refractivity contribution in [3.63, 3.8) is 0 Å². The van der Waals surface area contributed by atoms with Crippen molar-refractivity contribution in [1.82, 2.24) is 0 Å². The van der Waals surface area contributed by atoms with Crippen LogP contribution >= 0.6 is 0 Å². The van der Waals surface area contributed by atoms with E-state index in [9.17, 15) is 9.59 Å².